The molecule has 5 aromatic rings. The molecule has 246 valence electrons. The molecule has 2 heterocycles. The normalized spacial score (nSPS) is 15.2. The first kappa shape index (κ1) is 35.1. The van der Waals surface area contributed by atoms with Crippen molar-refractivity contribution in [3.05, 3.63) is 96.6 Å². The predicted molar refractivity (Wildman–Crippen MR) is 147 cm³/mol. The summed E-state index contributed by atoms with van der Waals surface area (Å²) >= 11 is 0. The van der Waals surface area contributed by atoms with Crippen molar-refractivity contribution in [2.24, 2.45) is 0 Å². The van der Waals surface area contributed by atoms with Gasteiger partial charge in [0.2, 0.25) is 12.7 Å². The Labute approximate surface area is 243 Å². The molecule has 5 rings (SSSR count). The van der Waals surface area contributed by atoms with Crippen LogP contribution in [-0.2, 0) is 26.2 Å². The van der Waals surface area contributed by atoms with Crippen LogP contribution >= 0.6 is 15.6 Å². The van der Waals surface area contributed by atoms with Gasteiger partial charge in [-0.25, -0.2) is 18.3 Å². The number of aromatic nitrogens is 4. The second kappa shape index (κ2) is 10.6. The molecule has 4 nitrogen and oxygen atoms in total. The van der Waals surface area contributed by atoms with E-state index in [1.165, 1.54) is 33.2 Å². The van der Waals surface area contributed by atoms with Crippen molar-refractivity contribution in [3.8, 4) is 0 Å². The van der Waals surface area contributed by atoms with E-state index >= 15 is 0 Å². The van der Waals surface area contributed by atoms with E-state index in [1.807, 2.05) is 0 Å². The summed E-state index contributed by atoms with van der Waals surface area (Å²) in [7, 11) is -21.3. The molecule has 0 radical (unpaired) electrons. The molecule has 0 N–H and O–H groups in total. The summed E-state index contributed by atoms with van der Waals surface area (Å²) in [6.45, 7) is 8.09. The van der Waals surface area contributed by atoms with E-state index in [2.05, 4.69) is 118 Å². The summed E-state index contributed by atoms with van der Waals surface area (Å²) in [6, 6.07) is 26.2. The van der Waals surface area contributed by atoms with Crippen LogP contribution in [0.25, 0.3) is 22.1 Å². The average molecular weight is 686 g/mol. The van der Waals surface area contributed by atoms with Crippen LogP contribution in [0.3, 0.4) is 0 Å². The summed E-state index contributed by atoms with van der Waals surface area (Å²) in [6.07, 6.45) is 4.50. The minimum absolute atomic E-state index is 0.872. The van der Waals surface area contributed by atoms with Crippen LogP contribution in [0.15, 0.2) is 85.5 Å². The Morgan fingerprint density at radius 1 is 0.477 bits per heavy atom. The summed E-state index contributed by atoms with van der Waals surface area (Å²) < 4.78 is 128. The van der Waals surface area contributed by atoms with Crippen molar-refractivity contribution in [3.63, 3.8) is 0 Å². The van der Waals surface area contributed by atoms with Gasteiger partial charge in [0, 0.05) is 11.1 Å². The van der Waals surface area contributed by atoms with Gasteiger partial charge in [0.15, 0.2) is 22.1 Å². The first-order valence-electron chi connectivity index (χ1n) is 12.8. The molecule has 44 heavy (non-hydrogen) atoms. The molecule has 0 saturated heterocycles. The molecule has 0 aliphatic rings. The van der Waals surface area contributed by atoms with E-state index in [1.54, 1.807) is 0 Å². The Morgan fingerprint density at radius 2 is 0.750 bits per heavy atom. The van der Waals surface area contributed by atoms with Crippen LogP contribution in [0.4, 0.5) is 50.4 Å². The SMILES string of the molecule is CCn1c[n+](Cc2ccccc2C[n+]2cn(CC)c3ccccc32)c2ccccc21.F[P-](F)(F)(F)(F)F.F[P-](F)(F)(F)(F)F. The van der Waals surface area contributed by atoms with Gasteiger partial charge in [-0.2, -0.15) is 0 Å². The summed E-state index contributed by atoms with van der Waals surface area (Å²) in [4.78, 5) is 0. The van der Waals surface area contributed by atoms with Gasteiger partial charge >= 0.3 is 66.0 Å². The second-order valence-electron chi connectivity index (χ2n) is 9.72. The molecular formula is C26H28F12N4P2. The molecule has 0 aliphatic heterocycles. The number of rotatable bonds is 6. The third-order valence-electron chi connectivity index (χ3n) is 6.04. The molecule has 0 fully saturated rings. The number of halogens is 12. The van der Waals surface area contributed by atoms with E-state index in [0.29, 0.717) is 0 Å². The summed E-state index contributed by atoms with van der Waals surface area (Å²) in [5, 5.41) is 0. The number of para-hydroxylation sites is 4. The van der Waals surface area contributed by atoms with Crippen LogP contribution in [0, 0.1) is 0 Å². The molecular weight excluding hydrogens is 658 g/mol. The van der Waals surface area contributed by atoms with E-state index in [-0.39, 0.29) is 0 Å². The molecule has 0 saturated carbocycles. The van der Waals surface area contributed by atoms with Gasteiger partial charge in [-0.15, -0.1) is 0 Å². The van der Waals surface area contributed by atoms with Crippen molar-refractivity contribution in [2.45, 2.75) is 40.0 Å². The number of hydrogen-bond donors (Lipinski definition) is 0. The van der Waals surface area contributed by atoms with Gasteiger partial charge in [0.1, 0.15) is 13.1 Å². The summed E-state index contributed by atoms with van der Waals surface area (Å²) in [5.74, 6) is 0. The van der Waals surface area contributed by atoms with Crippen molar-refractivity contribution in [1.82, 2.24) is 9.13 Å². The topological polar surface area (TPSA) is 17.6 Å². The number of hydrogen-bond acceptors (Lipinski definition) is 0. The van der Waals surface area contributed by atoms with Crippen molar-refractivity contribution in [1.29, 1.82) is 0 Å². The quantitative estimate of drug-likeness (QED) is 0.0962. The molecule has 0 atom stereocenters. The van der Waals surface area contributed by atoms with Crippen molar-refractivity contribution >= 4 is 37.7 Å². The molecule has 0 bridgehead atoms. The van der Waals surface area contributed by atoms with Crippen LogP contribution in [0.1, 0.15) is 25.0 Å². The van der Waals surface area contributed by atoms with Gasteiger partial charge in [0.05, 0.1) is 13.1 Å². The third kappa shape index (κ3) is 12.7. The molecule has 3 aromatic carbocycles. The van der Waals surface area contributed by atoms with E-state index in [0.717, 1.165) is 26.2 Å². The third-order valence-corrected chi connectivity index (χ3v) is 6.04. The van der Waals surface area contributed by atoms with Crippen LogP contribution in [0.2, 0.25) is 0 Å². The van der Waals surface area contributed by atoms with E-state index in [9.17, 15) is 50.4 Å². The average Bonchev–Trinajstić information content (AvgIpc) is 3.39. The zero-order valence-corrected chi connectivity index (χ0v) is 24.9. The van der Waals surface area contributed by atoms with E-state index in [4.69, 9.17) is 0 Å². The van der Waals surface area contributed by atoms with E-state index < -0.39 is 15.6 Å². The molecule has 0 unspecified atom stereocenters. The molecule has 0 aliphatic carbocycles. The predicted octanol–water partition coefficient (Wildman–Crippen LogP) is 11.1. The minimum atomic E-state index is -10.7. The zero-order chi connectivity index (χ0) is 33.3. The molecule has 2 aromatic heterocycles. The van der Waals surface area contributed by atoms with Gasteiger partial charge in [-0.1, -0.05) is 48.5 Å². The van der Waals surface area contributed by atoms with Gasteiger partial charge in [0.25, 0.3) is 0 Å². The molecule has 18 heteroatoms. The van der Waals surface area contributed by atoms with Gasteiger partial charge in [-0.05, 0) is 38.1 Å². The fourth-order valence-electron chi connectivity index (χ4n) is 4.47. The first-order chi connectivity index (χ1) is 19.7. The Balaban J connectivity index is 0.000000317. The summed E-state index contributed by atoms with van der Waals surface area (Å²) in [5.41, 5.74) is 7.87. The fraction of sp³-hybridized carbons (Fsp3) is 0.231. The monoisotopic (exact) mass is 686 g/mol. The maximum absolute atomic E-state index is 10.7. The van der Waals surface area contributed by atoms with Crippen molar-refractivity contribution < 1.29 is 59.5 Å². The molecule has 0 spiro atoms. The Morgan fingerprint density at radius 3 is 1.05 bits per heavy atom. The van der Waals surface area contributed by atoms with Gasteiger partial charge < -0.3 is 0 Å². The van der Waals surface area contributed by atoms with Crippen molar-refractivity contribution in [2.75, 3.05) is 0 Å². The van der Waals surface area contributed by atoms with Crippen LogP contribution in [0.5, 0.6) is 0 Å². The number of fused-ring (bicyclic) bond motifs is 2. The fourth-order valence-corrected chi connectivity index (χ4v) is 4.47. The second-order valence-corrected chi connectivity index (χ2v) is 13.6. The van der Waals surface area contributed by atoms with Gasteiger partial charge in [-0.3, -0.25) is 0 Å². The Hall–Kier alpha value is -3.38. The number of benzene rings is 3. The maximum atomic E-state index is 9.87. The Bertz CT molecular complexity index is 1620. The number of nitrogens with zero attached hydrogens (tertiary/aromatic N) is 4. The first-order valence-corrected chi connectivity index (χ1v) is 16.9. The Kier molecular flexibility index (Phi) is 8.47. The molecule has 0 amide bonds. The van der Waals surface area contributed by atoms with Crippen LogP contribution in [-0.4, -0.2) is 9.13 Å². The standard InChI is InChI=1S/C26H28N4.2F6P/c1-3-27-19-29(25-15-9-7-13-23(25)27)17-21-11-5-6-12-22(21)18-30-20-28(4-2)24-14-8-10-16-26(24)30;2*1-7(2,3,4,5)6/h5-16,19-20H,3-4,17-18H2,1-2H3;;/q+2;2*-1. The zero-order valence-electron chi connectivity index (χ0n) is 23.1. The van der Waals surface area contributed by atoms with Crippen LogP contribution < -0.4 is 9.13 Å². The number of imidazole rings is 2. The number of aryl methyl sites for hydroxylation is 2.